The summed E-state index contributed by atoms with van der Waals surface area (Å²) < 4.78 is 59.2. The number of alkyl halides is 3. The highest BCUT2D eigenvalue weighted by Gasteiger charge is 2.48. The molecule has 2 unspecified atom stereocenters. The minimum atomic E-state index is -4.51. The summed E-state index contributed by atoms with van der Waals surface area (Å²) in [6.07, 6.45) is 0.0368. The SMILES string of the molecule is CCCCCc1ccc(-c2cc3ccc(OCCCCC(O)COC(=O)C(C)(CC(C)(C)N)C(C)(C)N)cc3o2)c(C(F)(F)F)c1. The Labute approximate surface area is 270 Å². The highest BCUT2D eigenvalue weighted by atomic mass is 19.4. The van der Waals surface area contributed by atoms with Crippen molar-refractivity contribution >= 4 is 16.9 Å². The topological polar surface area (TPSA) is 121 Å². The molecule has 0 aliphatic rings. The number of aryl methyl sites for hydroxylation is 1. The molecular weight excluding hydrogens is 597 g/mol. The molecule has 0 amide bonds. The van der Waals surface area contributed by atoms with E-state index in [-0.39, 0.29) is 17.9 Å². The lowest BCUT2D eigenvalue weighted by atomic mass is 9.67. The number of halogens is 3. The number of carbonyl (C=O) groups excluding carboxylic acids is 1. The highest BCUT2D eigenvalue weighted by molar-refractivity contribution is 5.84. The molecule has 2 aromatic carbocycles. The summed E-state index contributed by atoms with van der Waals surface area (Å²) in [5.74, 6) is 0.180. The Kier molecular flexibility index (Phi) is 12.4. The largest absolute Gasteiger partial charge is 0.493 e. The maximum Gasteiger partial charge on any atom is 0.417 e. The van der Waals surface area contributed by atoms with E-state index in [2.05, 4.69) is 6.92 Å². The smallest absolute Gasteiger partial charge is 0.417 e. The summed E-state index contributed by atoms with van der Waals surface area (Å²) in [6, 6.07) is 11.2. The van der Waals surface area contributed by atoms with Gasteiger partial charge in [0.25, 0.3) is 0 Å². The predicted octanol–water partition coefficient (Wildman–Crippen LogP) is 8.18. The molecule has 0 aliphatic carbocycles. The molecule has 0 aliphatic heterocycles. The van der Waals surface area contributed by atoms with Gasteiger partial charge in [-0.15, -0.1) is 0 Å². The standard InChI is InChI=1S/C36H51F3N2O5/c1-7-8-9-12-24-14-17-28(29(19-24)36(37,38)39)31-20-25-15-16-27(21-30(25)46-31)44-18-11-10-13-26(42)22-45-32(43)35(6,34(4,5)41)23-33(2,3)40/h14-17,19-21,26,42H,7-13,18,22-23,40-41H2,1-6H3. The molecule has 0 saturated carbocycles. The molecule has 1 heterocycles. The Balaban J connectivity index is 1.53. The minimum Gasteiger partial charge on any atom is -0.493 e. The lowest BCUT2D eigenvalue weighted by Crippen LogP contribution is -2.58. The maximum atomic E-state index is 14.0. The van der Waals surface area contributed by atoms with Crippen molar-refractivity contribution in [2.24, 2.45) is 16.9 Å². The molecule has 46 heavy (non-hydrogen) atoms. The number of nitrogens with two attached hydrogens (primary N) is 2. The van der Waals surface area contributed by atoms with E-state index in [0.29, 0.717) is 61.0 Å². The van der Waals surface area contributed by atoms with Gasteiger partial charge in [-0.05, 0) is 103 Å². The van der Waals surface area contributed by atoms with Crippen molar-refractivity contribution < 1.29 is 37.0 Å². The third-order valence-electron chi connectivity index (χ3n) is 8.50. The Morgan fingerprint density at radius 2 is 1.67 bits per heavy atom. The summed E-state index contributed by atoms with van der Waals surface area (Å²) in [7, 11) is 0. The van der Waals surface area contributed by atoms with Gasteiger partial charge in [-0.2, -0.15) is 13.2 Å². The quantitative estimate of drug-likeness (QED) is 0.0997. The first-order chi connectivity index (χ1) is 21.3. The molecule has 0 fully saturated rings. The highest BCUT2D eigenvalue weighted by Crippen LogP contribution is 2.41. The van der Waals surface area contributed by atoms with Gasteiger partial charge in [-0.3, -0.25) is 4.79 Å². The molecule has 10 heteroatoms. The van der Waals surface area contributed by atoms with Crippen LogP contribution in [0.25, 0.3) is 22.3 Å². The molecule has 3 aromatic rings. The van der Waals surface area contributed by atoms with Crippen LogP contribution in [0.4, 0.5) is 13.2 Å². The number of aliphatic hydroxyl groups excluding tert-OH is 1. The first kappa shape index (κ1) is 37.4. The van der Waals surface area contributed by atoms with Crippen molar-refractivity contribution in [2.45, 2.75) is 116 Å². The second-order valence-electron chi connectivity index (χ2n) is 14.0. The summed E-state index contributed by atoms with van der Waals surface area (Å²) in [6.45, 7) is 11.2. The van der Waals surface area contributed by atoms with Crippen molar-refractivity contribution in [3.8, 4) is 17.1 Å². The van der Waals surface area contributed by atoms with Crippen molar-refractivity contribution in [1.29, 1.82) is 0 Å². The van der Waals surface area contributed by atoms with Gasteiger partial charge in [-0.1, -0.05) is 31.9 Å². The molecule has 256 valence electrons. The Hall–Kier alpha value is -3.08. The third kappa shape index (κ3) is 10.2. The number of unbranched alkanes of at least 4 members (excludes halogenated alkanes) is 3. The molecule has 1 aromatic heterocycles. The number of rotatable bonds is 17. The van der Waals surface area contributed by atoms with Crippen LogP contribution in [-0.2, 0) is 22.1 Å². The van der Waals surface area contributed by atoms with Gasteiger partial charge in [0.1, 0.15) is 23.7 Å². The zero-order chi connectivity index (χ0) is 34.3. The summed E-state index contributed by atoms with van der Waals surface area (Å²) in [5.41, 5.74) is 10.3. The average molecular weight is 649 g/mol. The lowest BCUT2D eigenvalue weighted by Gasteiger charge is -2.43. The van der Waals surface area contributed by atoms with E-state index in [9.17, 15) is 23.1 Å². The normalized spacial score (nSPS) is 14.7. The molecular formula is C36H51F3N2O5. The van der Waals surface area contributed by atoms with Gasteiger partial charge >= 0.3 is 12.1 Å². The number of hydrogen-bond acceptors (Lipinski definition) is 7. The van der Waals surface area contributed by atoms with Gasteiger partial charge in [0.05, 0.1) is 23.7 Å². The molecule has 2 atom stereocenters. The van der Waals surface area contributed by atoms with E-state index >= 15 is 0 Å². The van der Waals surface area contributed by atoms with E-state index in [1.54, 1.807) is 51.1 Å². The van der Waals surface area contributed by atoms with E-state index in [1.807, 2.05) is 13.8 Å². The molecule has 0 bridgehead atoms. The minimum absolute atomic E-state index is 0.00855. The van der Waals surface area contributed by atoms with E-state index in [0.717, 1.165) is 19.3 Å². The molecule has 0 spiro atoms. The fourth-order valence-electron chi connectivity index (χ4n) is 5.57. The monoisotopic (exact) mass is 648 g/mol. The van der Waals surface area contributed by atoms with Crippen LogP contribution >= 0.6 is 0 Å². The number of ether oxygens (including phenoxy) is 2. The number of esters is 1. The fraction of sp³-hybridized carbons (Fsp3) is 0.583. The first-order valence-corrected chi connectivity index (χ1v) is 16.1. The van der Waals surface area contributed by atoms with Crippen LogP contribution in [0.2, 0.25) is 0 Å². The number of aliphatic hydroxyl groups is 1. The number of carbonyl (C=O) groups is 1. The zero-order valence-electron chi connectivity index (χ0n) is 28.1. The van der Waals surface area contributed by atoms with E-state index in [1.165, 1.54) is 12.1 Å². The first-order valence-electron chi connectivity index (χ1n) is 16.1. The molecule has 7 nitrogen and oxygen atoms in total. The predicted molar refractivity (Wildman–Crippen MR) is 175 cm³/mol. The van der Waals surface area contributed by atoms with Crippen molar-refractivity contribution in [3.63, 3.8) is 0 Å². The van der Waals surface area contributed by atoms with Crippen LogP contribution in [0.5, 0.6) is 5.75 Å². The van der Waals surface area contributed by atoms with Crippen LogP contribution in [0.3, 0.4) is 0 Å². The van der Waals surface area contributed by atoms with Crippen LogP contribution in [-0.4, -0.2) is 41.5 Å². The number of benzene rings is 2. The van der Waals surface area contributed by atoms with Crippen LogP contribution < -0.4 is 16.2 Å². The Morgan fingerprint density at radius 3 is 2.30 bits per heavy atom. The van der Waals surface area contributed by atoms with Crippen molar-refractivity contribution in [1.82, 2.24) is 0 Å². The third-order valence-corrected chi connectivity index (χ3v) is 8.50. The van der Waals surface area contributed by atoms with Crippen LogP contribution in [0, 0.1) is 5.41 Å². The van der Waals surface area contributed by atoms with E-state index < -0.39 is 40.3 Å². The molecule has 5 N–H and O–H groups in total. The van der Waals surface area contributed by atoms with Gasteiger partial charge < -0.3 is 30.5 Å². The second-order valence-corrected chi connectivity index (χ2v) is 14.0. The lowest BCUT2D eigenvalue weighted by molar-refractivity contribution is -0.163. The second kappa shape index (κ2) is 15.2. The average Bonchev–Trinajstić information content (AvgIpc) is 3.37. The molecule has 0 radical (unpaired) electrons. The van der Waals surface area contributed by atoms with Gasteiger partial charge in [0.15, 0.2) is 0 Å². The number of fused-ring (bicyclic) bond motifs is 1. The Morgan fingerprint density at radius 1 is 0.957 bits per heavy atom. The summed E-state index contributed by atoms with van der Waals surface area (Å²) in [5, 5.41) is 11.1. The number of furan rings is 1. The van der Waals surface area contributed by atoms with Crippen LogP contribution in [0.1, 0.15) is 97.6 Å². The fourth-order valence-corrected chi connectivity index (χ4v) is 5.57. The molecule has 3 rings (SSSR count). The van der Waals surface area contributed by atoms with Crippen molar-refractivity contribution in [2.75, 3.05) is 13.2 Å². The van der Waals surface area contributed by atoms with Crippen LogP contribution in [0.15, 0.2) is 46.9 Å². The number of hydrogen-bond donors (Lipinski definition) is 3. The molecule has 0 saturated heterocycles. The summed E-state index contributed by atoms with van der Waals surface area (Å²) >= 11 is 0. The van der Waals surface area contributed by atoms with Crippen molar-refractivity contribution in [3.05, 3.63) is 53.6 Å². The van der Waals surface area contributed by atoms with Gasteiger partial charge in [0.2, 0.25) is 0 Å². The maximum absolute atomic E-state index is 14.0. The van der Waals surface area contributed by atoms with Gasteiger partial charge in [-0.25, -0.2) is 0 Å². The zero-order valence-corrected chi connectivity index (χ0v) is 28.1. The van der Waals surface area contributed by atoms with E-state index in [4.69, 9.17) is 25.4 Å². The Bertz CT molecular complexity index is 1440. The summed E-state index contributed by atoms with van der Waals surface area (Å²) in [4.78, 5) is 13.0. The van der Waals surface area contributed by atoms with Gasteiger partial charge in [0, 0.05) is 28.1 Å².